The fourth-order valence-electron chi connectivity index (χ4n) is 1.64. The lowest BCUT2D eigenvalue weighted by Crippen LogP contribution is -2.20. The van der Waals surface area contributed by atoms with Gasteiger partial charge in [-0.1, -0.05) is 34.6 Å². The molecule has 108 valence electrons. The molecule has 0 radical (unpaired) electrons. The van der Waals surface area contributed by atoms with Crippen molar-refractivity contribution in [2.75, 3.05) is 6.54 Å². The molecular weight excluding hydrogens is 236 g/mol. The highest BCUT2D eigenvalue weighted by Crippen LogP contribution is 2.21. The second kappa shape index (κ2) is 7.49. The van der Waals surface area contributed by atoms with Crippen LogP contribution in [-0.4, -0.2) is 17.6 Å². The molecule has 0 aliphatic heterocycles. The third-order valence-electron chi connectivity index (χ3n) is 3.30. The molecule has 0 aliphatic rings. The van der Waals surface area contributed by atoms with Gasteiger partial charge in [-0.3, -0.25) is 0 Å². The van der Waals surface area contributed by atoms with Gasteiger partial charge in [0.15, 0.2) is 0 Å². The van der Waals surface area contributed by atoms with E-state index in [0.29, 0.717) is 11.8 Å². The summed E-state index contributed by atoms with van der Waals surface area (Å²) in [6, 6.07) is 4.22. The van der Waals surface area contributed by atoms with Crippen LogP contribution in [0.2, 0.25) is 0 Å². The first-order valence-electron chi connectivity index (χ1n) is 7.32. The monoisotopic (exact) mass is 264 g/mol. The maximum Gasteiger partial charge on any atom is 0.214 e. The Labute approximate surface area is 117 Å². The van der Waals surface area contributed by atoms with Crippen molar-refractivity contribution in [1.82, 2.24) is 10.3 Å². The zero-order valence-electron chi connectivity index (χ0n) is 13.2. The van der Waals surface area contributed by atoms with E-state index in [2.05, 4.69) is 57.9 Å². The first kappa shape index (κ1) is 16.0. The number of ether oxygens (including phenoxy) is 1. The van der Waals surface area contributed by atoms with Gasteiger partial charge >= 0.3 is 0 Å². The zero-order chi connectivity index (χ0) is 14.4. The van der Waals surface area contributed by atoms with Crippen LogP contribution in [0.25, 0.3) is 0 Å². The molecule has 0 amide bonds. The lowest BCUT2D eigenvalue weighted by molar-refractivity contribution is 0.162. The highest BCUT2D eigenvalue weighted by Gasteiger charge is 2.12. The van der Waals surface area contributed by atoms with Crippen molar-refractivity contribution >= 4 is 0 Å². The molecule has 1 heterocycles. The third kappa shape index (κ3) is 5.19. The SMILES string of the molecule is CCNCc1cc(OC(C)C(C)C)nc(C(C)C)c1. The number of nitrogens with one attached hydrogen (secondary N) is 1. The zero-order valence-corrected chi connectivity index (χ0v) is 13.2. The first-order valence-corrected chi connectivity index (χ1v) is 7.32. The van der Waals surface area contributed by atoms with E-state index in [1.165, 1.54) is 5.56 Å². The molecule has 0 saturated heterocycles. The van der Waals surface area contributed by atoms with Gasteiger partial charge in [-0.2, -0.15) is 0 Å². The molecule has 1 unspecified atom stereocenters. The molecule has 1 aromatic heterocycles. The van der Waals surface area contributed by atoms with Crippen molar-refractivity contribution in [2.24, 2.45) is 5.92 Å². The van der Waals surface area contributed by atoms with Crippen molar-refractivity contribution < 1.29 is 4.74 Å². The van der Waals surface area contributed by atoms with Crippen LogP contribution in [0.4, 0.5) is 0 Å². The number of rotatable bonds is 7. The smallest absolute Gasteiger partial charge is 0.214 e. The summed E-state index contributed by atoms with van der Waals surface area (Å²) in [5, 5.41) is 3.35. The second-order valence-electron chi connectivity index (χ2n) is 5.74. The molecule has 0 spiro atoms. The summed E-state index contributed by atoms with van der Waals surface area (Å²) in [5.74, 6) is 1.65. The van der Waals surface area contributed by atoms with Crippen molar-refractivity contribution in [1.29, 1.82) is 0 Å². The molecular formula is C16H28N2O. The van der Waals surface area contributed by atoms with Crippen molar-refractivity contribution in [3.8, 4) is 5.88 Å². The largest absolute Gasteiger partial charge is 0.474 e. The second-order valence-corrected chi connectivity index (χ2v) is 5.74. The maximum absolute atomic E-state index is 5.95. The number of hydrogen-bond donors (Lipinski definition) is 1. The first-order chi connectivity index (χ1) is 8.93. The van der Waals surface area contributed by atoms with E-state index in [9.17, 15) is 0 Å². The normalized spacial score (nSPS) is 13.1. The highest BCUT2D eigenvalue weighted by atomic mass is 16.5. The molecule has 0 fully saturated rings. The lowest BCUT2D eigenvalue weighted by Gasteiger charge is -2.19. The van der Waals surface area contributed by atoms with E-state index in [0.717, 1.165) is 24.7 Å². The Bertz CT molecular complexity index is 388. The summed E-state index contributed by atoms with van der Waals surface area (Å²) in [7, 11) is 0. The van der Waals surface area contributed by atoms with Gasteiger partial charge in [-0.25, -0.2) is 4.98 Å². The topological polar surface area (TPSA) is 34.1 Å². The van der Waals surface area contributed by atoms with Crippen molar-refractivity contribution in [3.63, 3.8) is 0 Å². The van der Waals surface area contributed by atoms with Crippen LogP contribution < -0.4 is 10.1 Å². The van der Waals surface area contributed by atoms with Crippen LogP contribution in [0.5, 0.6) is 5.88 Å². The fourth-order valence-corrected chi connectivity index (χ4v) is 1.64. The molecule has 1 rings (SSSR count). The summed E-state index contributed by atoms with van der Waals surface area (Å²) in [4.78, 5) is 4.61. The van der Waals surface area contributed by atoms with Gasteiger partial charge in [-0.15, -0.1) is 0 Å². The standard InChI is InChI=1S/C16H28N2O/c1-7-17-10-14-8-15(12(4)5)18-16(9-14)19-13(6)11(2)3/h8-9,11-13,17H,7,10H2,1-6H3. The van der Waals surface area contributed by atoms with Gasteiger partial charge in [0.2, 0.25) is 5.88 Å². The summed E-state index contributed by atoms with van der Waals surface area (Å²) < 4.78 is 5.95. The van der Waals surface area contributed by atoms with E-state index in [4.69, 9.17) is 4.74 Å². The molecule has 0 aliphatic carbocycles. The highest BCUT2D eigenvalue weighted by molar-refractivity contribution is 5.26. The predicted molar refractivity (Wildman–Crippen MR) is 80.6 cm³/mol. The number of hydrogen-bond acceptors (Lipinski definition) is 3. The summed E-state index contributed by atoms with van der Waals surface area (Å²) in [6.07, 6.45) is 0.182. The molecule has 0 saturated carbocycles. The minimum absolute atomic E-state index is 0.182. The summed E-state index contributed by atoms with van der Waals surface area (Å²) >= 11 is 0. The molecule has 3 heteroatoms. The van der Waals surface area contributed by atoms with Gasteiger partial charge in [0.05, 0.1) is 6.10 Å². The average molecular weight is 264 g/mol. The number of nitrogens with zero attached hydrogens (tertiary/aromatic N) is 1. The van der Waals surface area contributed by atoms with Crippen LogP contribution in [0, 0.1) is 5.92 Å². The predicted octanol–water partition coefficient (Wildman–Crippen LogP) is 3.74. The molecule has 1 N–H and O–H groups in total. The Morgan fingerprint density at radius 2 is 1.84 bits per heavy atom. The Hall–Kier alpha value is -1.09. The maximum atomic E-state index is 5.95. The Kier molecular flexibility index (Phi) is 6.29. The van der Waals surface area contributed by atoms with E-state index in [1.807, 2.05) is 6.07 Å². The van der Waals surface area contributed by atoms with Crippen LogP contribution in [0.3, 0.4) is 0 Å². The van der Waals surface area contributed by atoms with Gasteiger partial charge in [-0.05, 0) is 36.9 Å². The average Bonchev–Trinajstić information content (AvgIpc) is 2.35. The number of pyridine rings is 1. The molecule has 0 aromatic carbocycles. The quantitative estimate of drug-likeness (QED) is 0.814. The van der Waals surface area contributed by atoms with E-state index < -0.39 is 0 Å². The molecule has 19 heavy (non-hydrogen) atoms. The summed E-state index contributed by atoms with van der Waals surface area (Å²) in [5.41, 5.74) is 2.34. The molecule has 1 aromatic rings. The Balaban J connectivity index is 2.92. The number of aromatic nitrogens is 1. The summed E-state index contributed by atoms with van der Waals surface area (Å²) in [6.45, 7) is 14.7. The fraction of sp³-hybridized carbons (Fsp3) is 0.688. The van der Waals surface area contributed by atoms with Crippen molar-refractivity contribution in [3.05, 3.63) is 23.4 Å². The van der Waals surface area contributed by atoms with Crippen LogP contribution in [0.1, 0.15) is 58.7 Å². The molecule has 0 bridgehead atoms. The Morgan fingerprint density at radius 1 is 1.16 bits per heavy atom. The Morgan fingerprint density at radius 3 is 2.37 bits per heavy atom. The van der Waals surface area contributed by atoms with Crippen LogP contribution in [-0.2, 0) is 6.54 Å². The third-order valence-corrected chi connectivity index (χ3v) is 3.30. The van der Waals surface area contributed by atoms with Crippen LogP contribution >= 0.6 is 0 Å². The minimum Gasteiger partial charge on any atom is -0.474 e. The van der Waals surface area contributed by atoms with E-state index >= 15 is 0 Å². The van der Waals surface area contributed by atoms with Crippen molar-refractivity contribution in [2.45, 2.75) is 60.1 Å². The van der Waals surface area contributed by atoms with E-state index in [1.54, 1.807) is 0 Å². The lowest BCUT2D eigenvalue weighted by atomic mass is 10.1. The minimum atomic E-state index is 0.182. The van der Waals surface area contributed by atoms with E-state index in [-0.39, 0.29) is 6.10 Å². The van der Waals surface area contributed by atoms with Crippen LogP contribution in [0.15, 0.2) is 12.1 Å². The van der Waals surface area contributed by atoms with Gasteiger partial charge in [0.1, 0.15) is 0 Å². The van der Waals surface area contributed by atoms with Gasteiger partial charge in [0, 0.05) is 18.3 Å². The van der Waals surface area contributed by atoms with Gasteiger partial charge < -0.3 is 10.1 Å². The molecule has 1 atom stereocenters. The van der Waals surface area contributed by atoms with Gasteiger partial charge in [0.25, 0.3) is 0 Å². The molecule has 3 nitrogen and oxygen atoms in total.